The van der Waals surface area contributed by atoms with Crippen molar-refractivity contribution >= 4 is 16.8 Å². The summed E-state index contributed by atoms with van der Waals surface area (Å²) in [7, 11) is 0. The molecule has 74 valence electrons. The molecule has 0 heterocycles. The Morgan fingerprint density at radius 1 is 1.50 bits per heavy atom. The number of nitro groups is 1. The summed E-state index contributed by atoms with van der Waals surface area (Å²) in [6.45, 7) is 0. The van der Waals surface area contributed by atoms with E-state index in [9.17, 15) is 10.1 Å². The van der Waals surface area contributed by atoms with E-state index in [4.69, 9.17) is 17.4 Å². The number of rotatable bonds is 3. The SMILES string of the molecule is NN=C(Cl)C(c1ccccc1)[N+](=O)[O-]. The molecule has 6 heteroatoms. The van der Waals surface area contributed by atoms with Gasteiger partial charge in [-0.15, -0.1) is 0 Å². The van der Waals surface area contributed by atoms with Crippen LogP contribution in [0.15, 0.2) is 35.4 Å². The molecule has 14 heavy (non-hydrogen) atoms. The Labute approximate surface area is 85.3 Å². The smallest absolute Gasteiger partial charge is 0.291 e. The molecule has 0 saturated heterocycles. The van der Waals surface area contributed by atoms with E-state index in [0.717, 1.165) is 0 Å². The predicted molar refractivity (Wildman–Crippen MR) is 53.7 cm³/mol. The van der Waals surface area contributed by atoms with Gasteiger partial charge in [-0.3, -0.25) is 10.1 Å². The van der Waals surface area contributed by atoms with Gasteiger partial charge in [-0.05, 0) is 0 Å². The average Bonchev–Trinajstić information content (AvgIpc) is 2.19. The molecule has 1 aromatic rings. The molecule has 0 bridgehead atoms. The molecule has 0 fully saturated rings. The summed E-state index contributed by atoms with van der Waals surface area (Å²) in [5, 5.41) is 13.6. The second kappa shape index (κ2) is 4.57. The average molecular weight is 214 g/mol. The first-order valence-corrected chi connectivity index (χ1v) is 4.16. The number of halogens is 1. The highest BCUT2D eigenvalue weighted by atomic mass is 35.5. The highest BCUT2D eigenvalue weighted by Crippen LogP contribution is 2.19. The summed E-state index contributed by atoms with van der Waals surface area (Å²) in [4.78, 5) is 10.2. The van der Waals surface area contributed by atoms with E-state index in [0.29, 0.717) is 5.56 Å². The second-order valence-corrected chi connectivity index (χ2v) is 2.94. The molecule has 1 rings (SSSR count). The molecule has 1 atom stereocenters. The van der Waals surface area contributed by atoms with E-state index in [1.165, 1.54) is 0 Å². The molecule has 2 N–H and O–H groups in total. The minimum absolute atomic E-state index is 0.235. The van der Waals surface area contributed by atoms with Crippen LogP contribution < -0.4 is 5.84 Å². The summed E-state index contributed by atoms with van der Waals surface area (Å²) in [6, 6.07) is 7.15. The van der Waals surface area contributed by atoms with Crippen LogP contribution in [0.5, 0.6) is 0 Å². The third-order valence-corrected chi connectivity index (χ3v) is 1.98. The van der Waals surface area contributed by atoms with Gasteiger partial charge in [-0.25, -0.2) is 0 Å². The van der Waals surface area contributed by atoms with E-state index in [2.05, 4.69) is 5.10 Å². The van der Waals surface area contributed by atoms with Crippen molar-refractivity contribution in [1.29, 1.82) is 0 Å². The number of hydrazone groups is 1. The van der Waals surface area contributed by atoms with Crippen LogP contribution in [0.2, 0.25) is 0 Å². The lowest BCUT2D eigenvalue weighted by Crippen LogP contribution is -2.18. The quantitative estimate of drug-likeness (QED) is 0.358. The van der Waals surface area contributed by atoms with Crippen LogP contribution in [-0.2, 0) is 0 Å². The fourth-order valence-corrected chi connectivity index (χ4v) is 1.26. The van der Waals surface area contributed by atoms with Crippen LogP contribution in [0.4, 0.5) is 0 Å². The normalized spacial score (nSPS) is 13.6. The summed E-state index contributed by atoms with van der Waals surface area (Å²) < 4.78 is 0. The third-order valence-electron chi connectivity index (χ3n) is 1.68. The number of nitrogens with zero attached hydrogens (tertiary/aromatic N) is 2. The van der Waals surface area contributed by atoms with Crippen LogP contribution in [0, 0.1) is 10.1 Å². The number of hydrogen-bond donors (Lipinski definition) is 1. The van der Waals surface area contributed by atoms with Gasteiger partial charge in [0, 0.05) is 10.5 Å². The Morgan fingerprint density at radius 3 is 2.50 bits per heavy atom. The third kappa shape index (κ3) is 2.20. The van der Waals surface area contributed by atoms with Crippen LogP contribution in [0.3, 0.4) is 0 Å². The van der Waals surface area contributed by atoms with Gasteiger partial charge < -0.3 is 5.84 Å². The molecular weight excluding hydrogens is 206 g/mol. The maximum absolute atomic E-state index is 10.7. The fourth-order valence-electron chi connectivity index (χ4n) is 1.05. The van der Waals surface area contributed by atoms with Crippen molar-refractivity contribution in [2.24, 2.45) is 10.9 Å². The van der Waals surface area contributed by atoms with Gasteiger partial charge in [0.05, 0.1) is 0 Å². The summed E-state index contributed by atoms with van der Waals surface area (Å²) in [5.74, 6) is 4.90. The largest absolute Gasteiger partial charge is 0.322 e. The van der Waals surface area contributed by atoms with Crippen LogP contribution >= 0.6 is 11.6 Å². The van der Waals surface area contributed by atoms with Gasteiger partial charge >= 0.3 is 0 Å². The van der Waals surface area contributed by atoms with Gasteiger partial charge in [0.25, 0.3) is 6.04 Å². The molecule has 1 unspecified atom stereocenters. The summed E-state index contributed by atoms with van der Waals surface area (Å²) in [6.07, 6.45) is 0. The van der Waals surface area contributed by atoms with Gasteiger partial charge in [-0.1, -0.05) is 41.9 Å². The minimum atomic E-state index is -1.18. The second-order valence-electron chi connectivity index (χ2n) is 2.55. The van der Waals surface area contributed by atoms with Crippen LogP contribution in [-0.4, -0.2) is 10.1 Å². The lowest BCUT2D eigenvalue weighted by atomic mass is 10.1. The molecule has 0 aromatic heterocycles. The molecule has 0 radical (unpaired) electrons. The first-order chi connectivity index (χ1) is 6.66. The van der Waals surface area contributed by atoms with Crippen molar-refractivity contribution in [3.63, 3.8) is 0 Å². The van der Waals surface area contributed by atoms with Gasteiger partial charge in [-0.2, -0.15) is 5.10 Å². The van der Waals surface area contributed by atoms with E-state index in [1.54, 1.807) is 30.3 Å². The zero-order chi connectivity index (χ0) is 10.6. The molecular formula is C8H8ClN3O2. The monoisotopic (exact) mass is 213 g/mol. The molecule has 1 aromatic carbocycles. The summed E-state index contributed by atoms with van der Waals surface area (Å²) >= 11 is 5.54. The van der Waals surface area contributed by atoms with Crippen molar-refractivity contribution in [2.45, 2.75) is 6.04 Å². The van der Waals surface area contributed by atoms with Crippen molar-refractivity contribution < 1.29 is 4.92 Å². The predicted octanol–water partition coefficient (Wildman–Crippen LogP) is 1.52. The van der Waals surface area contributed by atoms with Crippen molar-refractivity contribution in [1.82, 2.24) is 0 Å². The van der Waals surface area contributed by atoms with E-state index < -0.39 is 11.0 Å². The molecule has 0 spiro atoms. The van der Waals surface area contributed by atoms with Crippen molar-refractivity contribution in [3.8, 4) is 0 Å². The number of nitrogens with two attached hydrogens (primary N) is 1. The van der Waals surface area contributed by atoms with Gasteiger partial charge in [0.2, 0.25) is 5.17 Å². The molecule has 0 amide bonds. The molecule has 0 aliphatic rings. The van der Waals surface area contributed by atoms with Crippen LogP contribution in [0.1, 0.15) is 11.6 Å². The van der Waals surface area contributed by atoms with E-state index in [1.807, 2.05) is 0 Å². The van der Waals surface area contributed by atoms with Crippen LogP contribution in [0.25, 0.3) is 0 Å². The zero-order valence-electron chi connectivity index (χ0n) is 7.13. The lowest BCUT2D eigenvalue weighted by Gasteiger charge is -2.06. The highest BCUT2D eigenvalue weighted by molar-refractivity contribution is 6.66. The Bertz CT molecular complexity index is 353. The zero-order valence-corrected chi connectivity index (χ0v) is 7.89. The number of hydrogen-bond acceptors (Lipinski definition) is 4. The Hall–Kier alpha value is -1.62. The molecule has 0 aliphatic heterocycles. The molecule has 0 aliphatic carbocycles. The van der Waals surface area contributed by atoms with E-state index in [-0.39, 0.29) is 5.17 Å². The Morgan fingerprint density at radius 2 is 2.07 bits per heavy atom. The minimum Gasteiger partial charge on any atom is -0.322 e. The standard InChI is InChI=1S/C8H8ClN3O2/c9-8(11-10)7(12(13)14)6-4-2-1-3-5-6/h1-5,7H,10H2. The first-order valence-electron chi connectivity index (χ1n) is 3.78. The fraction of sp³-hybridized carbons (Fsp3) is 0.125. The molecule has 0 saturated carbocycles. The Kier molecular flexibility index (Phi) is 3.41. The van der Waals surface area contributed by atoms with Gasteiger partial charge in [0.15, 0.2) is 0 Å². The number of benzene rings is 1. The highest BCUT2D eigenvalue weighted by Gasteiger charge is 2.27. The van der Waals surface area contributed by atoms with Crippen molar-refractivity contribution in [3.05, 3.63) is 46.0 Å². The topological polar surface area (TPSA) is 81.5 Å². The van der Waals surface area contributed by atoms with Gasteiger partial charge in [0.1, 0.15) is 0 Å². The summed E-state index contributed by atoms with van der Waals surface area (Å²) in [5.41, 5.74) is 0.455. The first kappa shape index (κ1) is 10.5. The van der Waals surface area contributed by atoms with Crippen molar-refractivity contribution in [2.75, 3.05) is 0 Å². The molecule has 5 nitrogen and oxygen atoms in total. The lowest BCUT2D eigenvalue weighted by molar-refractivity contribution is -0.508. The maximum Gasteiger partial charge on any atom is 0.291 e. The Balaban J connectivity index is 3.08. The maximum atomic E-state index is 10.7. The van der Waals surface area contributed by atoms with E-state index >= 15 is 0 Å².